The maximum atomic E-state index is 14.8. The first kappa shape index (κ1) is 19.4. The highest BCUT2D eigenvalue weighted by atomic mass is 19.1. The van der Waals surface area contributed by atoms with E-state index in [1.54, 1.807) is 36.7 Å². The van der Waals surface area contributed by atoms with E-state index in [-0.39, 0.29) is 11.7 Å². The zero-order chi connectivity index (χ0) is 22.1. The number of aromatic amines is 1. The summed E-state index contributed by atoms with van der Waals surface area (Å²) < 4.78 is 20.7. The predicted octanol–water partition coefficient (Wildman–Crippen LogP) is 4.98. The molecule has 158 valence electrons. The van der Waals surface area contributed by atoms with Crippen molar-refractivity contribution >= 4 is 28.4 Å². The van der Waals surface area contributed by atoms with Crippen LogP contribution in [0.2, 0.25) is 0 Å². The van der Waals surface area contributed by atoms with Crippen LogP contribution in [0.4, 0.5) is 21.8 Å². The largest absolute Gasteiger partial charge is 0.454 e. The summed E-state index contributed by atoms with van der Waals surface area (Å²) >= 11 is 0. The van der Waals surface area contributed by atoms with Crippen molar-refractivity contribution in [1.82, 2.24) is 25.1 Å². The highest BCUT2D eigenvalue weighted by molar-refractivity contribution is 5.87. The fraction of sp³-hybridized carbons (Fsp3) is 0.0435. The fourth-order valence-electron chi connectivity index (χ4n) is 3.41. The summed E-state index contributed by atoms with van der Waals surface area (Å²) in [6.45, 7) is 1.86. The number of ether oxygens (including phenoxy) is 1. The number of anilines is 3. The molecule has 8 nitrogen and oxygen atoms in total. The normalized spacial score (nSPS) is 10.9. The summed E-state index contributed by atoms with van der Waals surface area (Å²) in [5.74, 6) is 0.647. The molecule has 0 radical (unpaired) electrons. The highest BCUT2D eigenvalue weighted by Crippen LogP contribution is 2.33. The number of H-pyrrole nitrogens is 1. The topological polar surface area (TPSA) is 115 Å². The molecule has 0 aliphatic rings. The molecular weight excluding hydrogens is 409 g/mol. The van der Waals surface area contributed by atoms with Gasteiger partial charge in [-0.25, -0.2) is 9.37 Å². The molecule has 32 heavy (non-hydrogen) atoms. The van der Waals surface area contributed by atoms with Gasteiger partial charge in [-0.1, -0.05) is 6.07 Å². The van der Waals surface area contributed by atoms with E-state index in [1.165, 1.54) is 6.07 Å². The molecule has 4 N–H and O–H groups in total. The molecule has 0 fully saturated rings. The van der Waals surface area contributed by atoms with Crippen LogP contribution in [-0.2, 0) is 0 Å². The number of fused-ring (bicyclic) bond motifs is 1. The quantitative estimate of drug-likeness (QED) is 0.362. The van der Waals surface area contributed by atoms with Crippen LogP contribution in [0.1, 0.15) is 5.69 Å². The van der Waals surface area contributed by atoms with Crippen molar-refractivity contribution in [2.75, 3.05) is 11.1 Å². The molecule has 0 unspecified atom stereocenters. The van der Waals surface area contributed by atoms with Gasteiger partial charge >= 0.3 is 0 Å². The summed E-state index contributed by atoms with van der Waals surface area (Å²) in [5.41, 5.74) is 9.43. The van der Waals surface area contributed by atoms with Gasteiger partial charge in [0.15, 0.2) is 11.6 Å². The second kappa shape index (κ2) is 7.95. The number of pyridine rings is 1. The van der Waals surface area contributed by atoms with E-state index < -0.39 is 5.82 Å². The van der Waals surface area contributed by atoms with Crippen molar-refractivity contribution in [3.8, 4) is 22.8 Å². The molecule has 3 heterocycles. The van der Waals surface area contributed by atoms with Crippen LogP contribution in [0.3, 0.4) is 0 Å². The minimum Gasteiger partial charge on any atom is -0.454 e. The second-order valence-corrected chi connectivity index (χ2v) is 7.09. The lowest BCUT2D eigenvalue weighted by Crippen LogP contribution is -2.02. The van der Waals surface area contributed by atoms with Crippen LogP contribution in [0.25, 0.3) is 22.2 Å². The van der Waals surface area contributed by atoms with E-state index in [4.69, 9.17) is 10.5 Å². The number of rotatable bonds is 5. The third-order valence-electron chi connectivity index (χ3n) is 4.88. The molecular formula is C23H18FN7O. The Kier molecular flexibility index (Phi) is 4.83. The van der Waals surface area contributed by atoms with Gasteiger partial charge in [0.25, 0.3) is 0 Å². The average molecular weight is 427 g/mol. The minimum absolute atomic E-state index is 0.100. The number of nitrogens with zero attached hydrogens (tertiary/aromatic N) is 4. The van der Waals surface area contributed by atoms with Gasteiger partial charge in [0.1, 0.15) is 11.6 Å². The lowest BCUT2D eigenvalue weighted by Gasteiger charge is -2.11. The van der Waals surface area contributed by atoms with Gasteiger partial charge in [-0.15, -0.1) is 0 Å². The molecule has 0 aliphatic carbocycles. The Hall–Kier alpha value is -4.53. The Morgan fingerprint density at radius 1 is 1.00 bits per heavy atom. The molecule has 9 heteroatoms. The third-order valence-corrected chi connectivity index (χ3v) is 4.88. The van der Waals surface area contributed by atoms with Crippen LogP contribution in [0.5, 0.6) is 11.5 Å². The van der Waals surface area contributed by atoms with Crippen molar-refractivity contribution in [1.29, 1.82) is 0 Å². The smallest absolute Gasteiger partial charge is 0.222 e. The van der Waals surface area contributed by atoms with Crippen LogP contribution in [0.15, 0.2) is 67.0 Å². The number of aryl methyl sites for hydroxylation is 1. The predicted molar refractivity (Wildman–Crippen MR) is 120 cm³/mol. The van der Waals surface area contributed by atoms with Gasteiger partial charge in [-0.2, -0.15) is 10.1 Å². The number of halogens is 1. The van der Waals surface area contributed by atoms with Crippen molar-refractivity contribution in [2.24, 2.45) is 0 Å². The molecule has 0 aliphatic heterocycles. The Bertz CT molecular complexity index is 1420. The highest BCUT2D eigenvalue weighted by Gasteiger charge is 2.13. The van der Waals surface area contributed by atoms with E-state index in [9.17, 15) is 4.39 Å². The molecule has 5 aromatic rings. The first-order valence-electron chi connectivity index (χ1n) is 9.80. The Morgan fingerprint density at radius 2 is 1.84 bits per heavy atom. The molecule has 0 atom stereocenters. The average Bonchev–Trinajstić information content (AvgIpc) is 3.18. The lowest BCUT2D eigenvalue weighted by atomic mass is 10.2. The summed E-state index contributed by atoms with van der Waals surface area (Å²) in [4.78, 5) is 12.4. The van der Waals surface area contributed by atoms with Gasteiger partial charge in [0.05, 0.1) is 22.3 Å². The van der Waals surface area contributed by atoms with Crippen molar-refractivity contribution in [2.45, 2.75) is 6.92 Å². The SMILES string of the molecule is Cc1n[nH]c2cccc(Oc3ccc(Nc4cc(-c5ccncc5)nc(N)n4)cc3F)c12. The van der Waals surface area contributed by atoms with Gasteiger partial charge in [0, 0.05) is 35.8 Å². The number of benzene rings is 2. The Morgan fingerprint density at radius 3 is 2.66 bits per heavy atom. The molecule has 0 amide bonds. The first-order chi connectivity index (χ1) is 15.6. The van der Waals surface area contributed by atoms with Crippen molar-refractivity contribution < 1.29 is 9.13 Å². The van der Waals surface area contributed by atoms with Gasteiger partial charge in [-0.3, -0.25) is 10.1 Å². The van der Waals surface area contributed by atoms with Gasteiger partial charge in [0.2, 0.25) is 5.95 Å². The molecule has 3 aromatic heterocycles. The molecule has 0 spiro atoms. The maximum Gasteiger partial charge on any atom is 0.222 e. The van der Waals surface area contributed by atoms with E-state index >= 15 is 0 Å². The zero-order valence-corrected chi connectivity index (χ0v) is 17.0. The summed E-state index contributed by atoms with van der Waals surface area (Å²) in [7, 11) is 0. The molecule has 0 saturated carbocycles. The summed E-state index contributed by atoms with van der Waals surface area (Å²) in [5, 5.41) is 11.0. The molecule has 0 bridgehead atoms. The lowest BCUT2D eigenvalue weighted by molar-refractivity contribution is 0.446. The monoisotopic (exact) mass is 427 g/mol. The molecule has 2 aromatic carbocycles. The van der Waals surface area contributed by atoms with E-state index in [0.717, 1.165) is 22.2 Å². The van der Waals surface area contributed by atoms with E-state index in [2.05, 4.69) is 30.5 Å². The molecule has 0 saturated heterocycles. The van der Waals surface area contributed by atoms with Gasteiger partial charge < -0.3 is 15.8 Å². The standard InChI is InChI=1S/C23H18FN7O/c1-13-22-17(31-30-13)3-2-4-20(22)32-19-6-5-15(11-16(19)24)27-21-12-18(28-23(25)29-21)14-7-9-26-10-8-14/h2-12H,1H3,(H,30,31)(H3,25,27,28,29). The number of nitrogens with two attached hydrogens (primary N) is 1. The number of hydrogen-bond donors (Lipinski definition) is 3. The van der Waals surface area contributed by atoms with Crippen molar-refractivity contribution in [3.63, 3.8) is 0 Å². The van der Waals surface area contributed by atoms with E-state index in [1.807, 2.05) is 31.2 Å². The number of aromatic nitrogens is 5. The Labute approximate surface area is 182 Å². The second-order valence-electron chi connectivity index (χ2n) is 7.09. The zero-order valence-electron chi connectivity index (χ0n) is 17.0. The fourth-order valence-corrected chi connectivity index (χ4v) is 3.41. The van der Waals surface area contributed by atoms with Crippen LogP contribution >= 0.6 is 0 Å². The third kappa shape index (κ3) is 3.79. The first-order valence-corrected chi connectivity index (χ1v) is 9.80. The van der Waals surface area contributed by atoms with Crippen LogP contribution in [-0.4, -0.2) is 25.1 Å². The number of nitrogen functional groups attached to an aromatic ring is 1. The van der Waals surface area contributed by atoms with E-state index in [0.29, 0.717) is 22.9 Å². The minimum atomic E-state index is -0.524. The van der Waals surface area contributed by atoms with Gasteiger partial charge in [-0.05, 0) is 43.3 Å². The number of nitrogens with one attached hydrogen (secondary N) is 2. The van der Waals surface area contributed by atoms with Crippen LogP contribution in [0, 0.1) is 12.7 Å². The van der Waals surface area contributed by atoms with Crippen molar-refractivity contribution in [3.05, 3.63) is 78.5 Å². The van der Waals surface area contributed by atoms with Crippen LogP contribution < -0.4 is 15.8 Å². The summed E-state index contributed by atoms with van der Waals surface area (Å²) in [6, 6.07) is 15.5. The summed E-state index contributed by atoms with van der Waals surface area (Å²) in [6.07, 6.45) is 3.33. The number of hydrogen-bond acceptors (Lipinski definition) is 7. The maximum absolute atomic E-state index is 14.8. The molecule has 5 rings (SSSR count). The Balaban J connectivity index is 1.40.